The second kappa shape index (κ2) is 11.3. The second-order valence-electron chi connectivity index (χ2n) is 10.7. The zero-order chi connectivity index (χ0) is 29.3. The molecule has 0 spiro atoms. The van der Waals surface area contributed by atoms with E-state index in [9.17, 15) is 14.4 Å². The van der Waals surface area contributed by atoms with Crippen molar-refractivity contribution >= 4 is 39.7 Å². The van der Waals surface area contributed by atoms with E-state index in [-0.39, 0.29) is 11.9 Å². The van der Waals surface area contributed by atoms with Crippen molar-refractivity contribution in [2.75, 3.05) is 42.5 Å². The van der Waals surface area contributed by atoms with E-state index in [0.717, 1.165) is 17.2 Å². The first-order chi connectivity index (χ1) is 19.6. The Bertz CT molecular complexity index is 1590. The summed E-state index contributed by atoms with van der Waals surface area (Å²) in [4.78, 5) is 28.8. The zero-order valence-electron chi connectivity index (χ0n) is 23.9. The van der Waals surface area contributed by atoms with Crippen molar-refractivity contribution in [1.82, 2.24) is 24.5 Å². The van der Waals surface area contributed by atoms with Gasteiger partial charge in [-0.3, -0.25) is 0 Å². The van der Waals surface area contributed by atoms with E-state index in [1.165, 1.54) is 23.5 Å². The number of piperazine rings is 1. The number of carbonyl (C=O) groups excluding carboxylic acids is 1. The van der Waals surface area contributed by atoms with E-state index < -0.39 is 5.60 Å². The molecule has 0 unspecified atom stereocenters. The SMILES string of the molecule is CCc1nn2ccc(N3CCN(C(=O)OC(C)(C)C)CC3)nc2c1N(CC)c1nc(-c2ccc(F)cc2)c(C#N)s1. The Morgan fingerprint density at radius 1 is 1.12 bits per heavy atom. The molecule has 0 radical (unpaired) electrons. The van der Waals surface area contributed by atoms with E-state index in [1.807, 2.05) is 51.8 Å². The summed E-state index contributed by atoms with van der Waals surface area (Å²) >= 11 is 1.29. The number of aryl methyl sites for hydroxylation is 1. The highest BCUT2D eigenvalue weighted by Crippen LogP contribution is 2.39. The fraction of sp³-hybridized carbons (Fsp3) is 0.414. The molecule has 4 aromatic rings. The molecule has 3 aromatic heterocycles. The highest BCUT2D eigenvalue weighted by molar-refractivity contribution is 7.16. The van der Waals surface area contributed by atoms with Crippen molar-refractivity contribution in [3.63, 3.8) is 0 Å². The first kappa shape index (κ1) is 28.3. The van der Waals surface area contributed by atoms with Gasteiger partial charge in [0.05, 0.1) is 5.69 Å². The Morgan fingerprint density at radius 2 is 1.83 bits per heavy atom. The number of amides is 1. The quantitative estimate of drug-likeness (QED) is 0.291. The van der Waals surface area contributed by atoms with Gasteiger partial charge in [0.15, 0.2) is 10.8 Å². The maximum atomic E-state index is 13.5. The third-order valence-electron chi connectivity index (χ3n) is 6.76. The molecule has 0 N–H and O–H groups in total. The van der Waals surface area contributed by atoms with Crippen LogP contribution in [0.4, 0.5) is 25.8 Å². The molecule has 214 valence electrons. The minimum absolute atomic E-state index is 0.301. The smallest absolute Gasteiger partial charge is 0.410 e. The largest absolute Gasteiger partial charge is 0.444 e. The molecule has 12 heteroatoms. The first-order valence-electron chi connectivity index (χ1n) is 13.7. The van der Waals surface area contributed by atoms with Crippen LogP contribution in [0.25, 0.3) is 16.9 Å². The Balaban J connectivity index is 1.46. The molecular weight excluding hydrogens is 543 g/mol. The fourth-order valence-corrected chi connectivity index (χ4v) is 5.74. The number of nitrogens with zero attached hydrogens (tertiary/aromatic N) is 8. The van der Waals surface area contributed by atoms with Crippen LogP contribution in [0.1, 0.15) is 45.2 Å². The van der Waals surface area contributed by atoms with Gasteiger partial charge in [0.25, 0.3) is 0 Å². The van der Waals surface area contributed by atoms with E-state index in [1.54, 1.807) is 21.5 Å². The van der Waals surface area contributed by atoms with Gasteiger partial charge in [-0.2, -0.15) is 10.4 Å². The first-order valence-corrected chi connectivity index (χ1v) is 14.5. The van der Waals surface area contributed by atoms with Gasteiger partial charge in [0.2, 0.25) is 0 Å². The van der Waals surface area contributed by atoms with E-state index in [2.05, 4.69) is 11.0 Å². The van der Waals surface area contributed by atoms with Gasteiger partial charge in [0.1, 0.15) is 39.6 Å². The molecule has 1 amide bonds. The molecule has 41 heavy (non-hydrogen) atoms. The summed E-state index contributed by atoms with van der Waals surface area (Å²) in [5, 5.41) is 15.3. The summed E-state index contributed by atoms with van der Waals surface area (Å²) in [5.41, 5.74) is 3.07. The monoisotopic (exact) mass is 576 g/mol. The van der Waals surface area contributed by atoms with Crippen molar-refractivity contribution < 1.29 is 13.9 Å². The molecule has 4 heterocycles. The van der Waals surface area contributed by atoms with E-state index in [0.29, 0.717) is 66.1 Å². The number of aromatic nitrogens is 4. The molecule has 1 fully saturated rings. The number of thiazole rings is 1. The third kappa shape index (κ3) is 5.81. The molecule has 10 nitrogen and oxygen atoms in total. The van der Waals surface area contributed by atoms with Crippen LogP contribution >= 0.6 is 11.3 Å². The maximum Gasteiger partial charge on any atom is 0.410 e. The number of anilines is 3. The van der Waals surface area contributed by atoms with Crippen molar-refractivity contribution in [1.29, 1.82) is 5.26 Å². The Morgan fingerprint density at radius 3 is 2.44 bits per heavy atom. The van der Waals surface area contributed by atoms with Gasteiger partial charge in [-0.25, -0.2) is 23.7 Å². The fourth-order valence-electron chi connectivity index (χ4n) is 4.78. The molecule has 1 aliphatic rings. The molecular formula is C29H33FN8O2S. The van der Waals surface area contributed by atoms with Gasteiger partial charge in [0, 0.05) is 44.5 Å². The number of nitriles is 1. The lowest BCUT2D eigenvalue weighted by molar-refractivity contribution is 0.0240. The molecule has 0 saturated carbocycles. The number of halogens is 1. The lowest BCUT2D eigenvalue weighted by atomic mass is 10.1. The summed E-state index contributed by atoms with van der Waals surface area (Å²) < 4.78 is 20.8. The number of fused-ring (bicyclic) bond motifs is 1. The summed E-state index contributed by atoms with van der Waals surface area (Å²) in [7, 11) is 0. The van der Waals surface area contributed by atoms with Crippen LogP contribution in [0.15, 0.2) is 36.5 Å². The molecule has 1 aromatic carbocycles. The van der Waals surface area contributed by atoms with Gasteiger partial charge in [-0.05, 0) is 64.4 Å². The van der Waals surface area contributed by atoms with Crippen LogP contribution in [0, 0.1) is 17.1 Å². The van der Waals surface area contributed by atoms with Crippen LogP contribution in [-0.4, -0.2) is 68.9 Å². The Labute approximate surface area is 242 Å². The molecule has 0 bridgehead atoms. The van der Waals surface area contributed by atoms with Crippen LogP contribution in [0.3, 0.4) is 0 Å². The van der Waals surface area contributed by atoms with E-state index in [4.69, 9.17) is 19.8 Å². The van der Waals surface area contributed by atoms with Crippen LogP contribution in [0.5, 0.6) is 0 Å². The number of carbonyl (C=O) groups is 1. The predicted molar refractivity (Wildman–Crippen MR) is 157 cm³/mol. The third-order valence-corrected chi connectivity index (χ3v) is 7.74. The molecule has 5 rings (SSSR count). The standard InChI is InChI=1S/C29H33FN8O2S/c1-6-21-25(37(7-2)27-33-24(22(18-31)41-27)19-8-10-20(30)11-9-19)26-32-23(12-13-38(26)34-21)35-14-16-36(17-15-35)28(39)40-29(3,4)5/h8-13H,6-7,14-17H2,1-5H3. The number of hydrogen-bond donors (Lipinski definition) is 0. The zero-order valence-corrected chi connectivity index (χ0v) is 24.7. The van der Waals surface area contributed by atoms with Crippen molar-refractivity contribution in [3.8, 4) is 17.3 Å². The number of ether oxygens (including phenoxy) is 1. The Hall–Kier alpha value is -4.24. The summed E-state index contributed by atoms with van der Waals surface area (Å²) in [6.07, 6.45) is 2.28. The van der Waals surface area contributed by atoms with Gasteiger partial charge >= 0.3 is 6.09 Å². The van der Waals surface area contributed by atoms with Crippen molar-refractivity contribution in [2.45, 2.75) is 46.6 Å². The number of benzene rings is 1. The van der Waals surface area contributed by atoms with Gasteiger partial charge < -0.3 is 19.4 Å². The van der Waals surface area contributed by atoms with Crippen LogP contribution in [0.2, 0.25) is 0 Å². The lowest BCUT2D eigenvalue weighted by Crippen LogP contribution is -2.50. The summed E-state index contributed by atoms with van der Waals surface area (Å²) in [6.45, 7) is 12.6. The average Bonchev–Trinajstić information content (AvgIpc) is 3.55. The number of rotatable bonds is 6. The molecule has 1 aliphatic heterocycles. The minimum atomic E-state index is -0.535. The maximum absolute atomic E-state index is 13.5. The highest BCUT2D eigenvalue weighted by atomic mass is 32.1. The highest BCUT2D eigenvalue weighted by Gasteiger charge is 2.28. The summed E-state index contributed by atoms with van der Waals surface area (Å²) in [5.74, 6) is 0.454. The second-order valence-corrected chi connectivity index (χ2v) is 11.7. The minimum Gasteiger partial charge on any atom is -0.444 e. The van der Waals surface area contributed by atoms with E-state index >= 15 is 0 Å². The van der Waals surface area contributed by atoms with Gasteiger partial charge in [-0.1, -0.05) is 18.3 Å². The molecule has 1 saturated heterocycles. The normalized spacial score (nSPS) is 13.9. The van der Waals surface area contributed by atoms with Crippen molar-refractivity contribution in [2.24, 2.45) is 0 Å². The topological polar surface area (TPSA) is 103 Å². The van der Waals surface area contributed by atoms with Crippen LogP contribution < -0.4 is 9.80 Å². The predicted octanol–water partition coefficient (Wildman–Crippen LogP) is 5.64. The van der Waals surface area contributed by atoms with Crippen LogP contribution in [-0.2, 0) is 11.2 Å². The average molecular weight is 577 g/mol. The number of hydrogen-bond acceptors (Lipinski definition) is 9. The summed E-state index contributed by atoms with van der Waals surface area (Å²) in [6, 6.07) is 10.2. The lowest BCUT2D eigenvalue weighted by Gasteiger charge is -2.36. The molecule has 0 aliphatic carbocycles. The Kier molecular flexibility index (Phi) is 7.82. The van der Waals surface area contributed by atoms with Crippen molar-refractivity contribution in [3.05, 3.63) is 52.9 Å². The van der Waals surface area contributed by atoms with Gasteiger partial charge in [-0.15, -0.1) is 0 Å². The molecule has 0 atom stereocenters.